The van der Waals surface area contributed by atoms with E-state index in [4.69, 9.17) is 4.74 Å². The summed E-state index contributed by atoms with van der Waals surface area (Å²) in [5.74, 6) is 0.0175. The van der Waals surface area contributed by atoms with Crippen molar-refractivity contribution >= 4 is 5.91 Å². The Bertz CT molecular complexity index is 469. The minimum Gasteiger partial charge on any atom is -0.363 e. The molecule has 0 aromatic heterocycles. The molecule has 0 unspecified atom stereocenters. The van der Waals surface area contributed by atoms with Crippen molar-refractivity contribution in [2.24, 2.45) is 0 Å². The maximum absolute atomic E-state index is 11.2. The number of amides is 1. The van der Waals surface area contributed by atoms with Crippen LogP contribution in [0, 0.1) is 0 Å². The van der Waals surface area contributed by atoms with Crippen molar-refractivity contribution in [3.8, 4) is 0 Å². The number of rotatable bonds is 3. The van der Waals surface area contributed by atoms with Crippen molar-refractivity contribution in [1.29, 1.82) is 0 Å². The molecule has 1 aliphatic heterocycles. The summed E-state index contributed by atoms with van der Waals surface area (Å²) < 4.78 is 5.83. The zero-order valence-corrected chi connectivity index (χ0v) is 12.7. The maximum atomic E-state index is 11.2. The number of morpholine rings is 1. The first-order valence-corrected chi connectivity index (χ1v) is 7.82. The first-order valence-electron chi connectivity index (χ1n) is 7.82. The van der Waals surface area contributed by atoms with Crippen LogP contribution in [0.15, 0.2) is 30.3 Å². The first kappa shape index (κ1) is 14.5. The largest absolute Gasteiger partial charge is 0.363 e. The SMILES string of the molecule is CN(Cc1ccccc1)[C@H]1CC[C@@]2(CC1)CNC(=O)CO2. The van der Waals surface area contributed by atoms with E-state index in [-0.39, 0.29) is 18.1 Å². The first-order chi connectivity index (χ1) is 10.2. The molecule has 1 saturated carbocycles. The molecule has 4 nitrogen and oxygen atoms in total. The molecule has 4 heteroatoms. The minimum absolute atomic E-state index is 0.0175. The third-order valence-electron chi connectivity index (χ3n) is 4.88. The van der Waals surface area contributed by atoms with Gasteiger partial charge in [0.25, 0.3) is 0 Å². The fourth-order valence-electron chi connectivity index (χ4n) is 3.47. The fourth-order valence-corrected chi connectivity index (χ4v) is 3.47. The van der Waals surface area contributed by atoms with Gasteiger partial charge in [-0.15, -0.1) is 0 Å². The molecule has 1 N–H and O–H groups in total. The van der Waals surface area contributed by atoms with E-state index in [0.29, 0.717) is 12.6 Å². The van der Waals surface area contributed by atoms with Crippen LogP contribution < -0.4 is 5.32 Å². The Morgan fingerprint density at radius 3 is 2.62 bits per heavy atom. The molecule has 0 bridgehead atoms. The Morgan fingerprint density at radius 2 is 2.00 bits per heavy atom. The second kappa shape index (κ2) is 6.16. The summed E-state index contributed by atoms with van der Waals surface area (Å²) in [6, 6.07) is 11.2. The monoisotopic (exact) mass is 288 g/mol. The van der Waals surface area contributed by atoms with Gasteiger partial charge >= 0.3 is 0 Å². The van der Waals surface area contributed by atoms with E-state index in [1.807, 2.05) is 0 Å². The van der Waals surface area contributed by atoms with Crippen LogP contribution in [-0.2, 0) is 16.1 Å². The highest BCUT2D eigenvalue weighted by atomic mass is 16.5. The average Bonchev–Trinajstić information content (AvgIpc) is 2.52. The molecular formula is C17H24N2O2. The van der Waals surface area contributed by atoms with E-state index in [0.717, 1.165) is 32.2 Å². The molecule has 1 aromatic carbocycles. The highest BCUT2D eigenvalue weighted by Gasteiger charge is 2.40. The van der Waals surface area contributed by atoms with Gasteiger partial charge in [-0.2, -0.15) is 0 Å². The zero-order valence-electron chi connectivity index (χ0n) is 12.7. The second-order valence-electron chi connectivity index (χ2n) is 6.38. The Morgan fingerprint density at radius 1 is 1.29 bits per heavy atom. The van der Waals surface area contributed by atoms with Crippen molar-refractivity contribution in [1.82, 2.24) is 10.2 Å². The highest BCUT2D eigenvalue weighted by molar-refractivity contribution is 5.78. The molecule has 2 aliphatic rings. The van der Waals surface area contributed by atoms with E-state index in [9.17, 15) is 4.79 Å². The van der Waals surface area contributed by atoms with Crippen LogP contribution in [0.25, 0.3) is 0 Å². The highest BCUT2D eigenvalue weighted by Crippen LogP contribution is 2.34. The van der Waals surface area contributed by atoms with Crippen molar-refractivity contribution in [2.45, 2.75) is 43.9 Å². The van der Waals surface area contributed by atoms with Crippen molar-refractivity contribution < 1.29 is 9.53 Å². The number of nitrogens with one attached hydrogen (secondary N) is 1. The molecule has 1 amide bonds. The van der Waals surface area contributed by atoms with Gasteiger partial charge in [-0.05, 0) is 38.3 Å². The van der Waals surface area contributed by atoms with Crippen molar-refractivity contribution in [3.05, 3.63) is 35.9 Å². The van der Waals surface area contributed by atoms with Gasteiger partial charge < -0.3 is 10.1 Å². The van der Waals surface area contributed by atoms with Crippen LogP contribution in [0.3, 0.4) is 0 Å². The van der Waals surface area contributed by atoms with Gasteiger partial charge in [-0.25, -0.2) is 0 Å². The van der Waals surface area contributed by atoms with E-state index >= 15 is 0 Å². The lowest BCUT2D eigenvalue weighted by Gasteiger charge is -2.44. The molecule has 2 fully saturated rings. The zero-order chi connectivity index (χ0) is 14.7. The quantitative estimate of drug-likeness (QED) is 0.924. The van der Waals surface area contributed by atoms with Crippen molar-refractivity contribution in [2.75, 3.05) is 20.2 Å². The van der Waals surface area contributed by atoms with Crippen LogP contribution >= 0.6 is 0 Å². The fraction of sp³-hybridized carbons (Fsp3) is 0.588. The van der Waals surface area contributed by atoms with Gasteiger partial charge in [-0.3, -0.25) is 9.69 Å². The van der Waals surface area contributed by atoms with Gasteiger partial charge in [0.15, 0.2) is 0 Å². The van der Waals surface area contributed by atoms with Crippen molar-refractivity contribution in [3.63, 3.8) is 0 Å². The van der Waals surface area contributed by atoms with Gasteiger partial charge in [0.05, 0.1) is 5.60 Å². The summed E-state index contributed by atoms with van der Waals surface area (Å²) in [6.45, 7) is 1.90. The lowest BCUT2D eigenvalue weighted by Crippen LogP contribution is -2.55. The van der Waals surface area contributed by atoms with E-state index in [1.54, 1.807) is 0 Å². The number of nitrogens with zero attached hydrogens (tertiary/aromatic N) is 1. The van der Waals surface area contributed by atoms with Crippen LogP contribution in [0.4, 0.5) is 0 Å². The second-order valence-corrected chi connectivity index (χ2v) is 6.38. The lowest BCUT2D eigenvalue weighted by atomic mass is 9.80. The average molecular weight is 288 g/mol. The number of hydrogen-bond donors (Lipinski definition) is 1. The smallest absolute Gasteiger partial charge is 0.246 e. The Labute approximate surface area is 126 Å². The number of carbonyl (C=O) groups is 1. The van der Waals surface area contributed by atoms with Gasteiger partial charge in [0.1, 0.15) is 6.61 Å². The summed E-state index contributed by atoms with van der Waals surface area (Å²) >= 11 is 0. The van der Waals surface area contributed by atoms with Gasteiger partial charge in [0, 0.05) is 19.1 Å². The predicted octanol–water partition coefficient (Wildman–Crippen LogP) is 1.95. The van der Waals surface area contributed by atoms with Gasteiger partial charge in [0.2, 0.25) is 5.91 Å². The number of hydrogen-bond acceptors (Lipinski definition) is 3. The predicted molar refractivity (Wildman–Crippen MR) is 81.9 cm³/mol. The number of ether oxygens (including phenoxy) is 1. The third-order valence-corrected chi connectivity index (χ3v) is 4.88. The maximum Gasteiger partial charge on any atom is 0.246 e. The Kier molecular flexibility index (Phi) is 4.27. The Balaban J connectivity index is 1.52. The molecule has 1 spiro atoms. The van der Waals surface area contributed by atoms with Crippen LogP contribution in [0.5, 0.6) is 0 Å². The summed E-state index contributed by atoms with van der Waals surface area (Å²) in [5.41, 5.74) is 1.26. The number of benzene rings is 1. The molecule has 0 atom stereocenters. The minimum atomic E-state index is -0.0992. The summed E-state index contributed by atoms with van der Waals surface area (Å²) in [4.78, 5) is 13.7. The van der Waals surface area contributed by atoms with Gasteiger partial charge in [-0.1, -0.05) is 30.3 Å². The summed E-state index contributed by atoms with van der Waals surface area (Å²) in [6.07, 6.45) is 4.35. The Hall–Kier alpha value is -1.39. The molecule has 1 aliphatic carbocycles. The molecule has 21 heavy (non-hydrogen) atoms. The standard InChI is InChI=1S/C17H24N2O2/c1-19(11-14-5-3-2-4-6-14)15-7-9-17(10-8-15)13-18-16(20)12-21-17/h2-6,15H,7-13H2,1H3,(H,18,20)/t15-,17+. The van der Waals surface area contributed by atoms with Crippen LogP contribution in [0.1, 0.15) is 31.2 Å². The molecule has 1 aromatic rings. The third kappa shape index (κ3) is 3.44. The topological polar surface area (TPSA) is 41.6 Å². The summed E-state index contributed by atoms with van der Waals surface area (Å²) in [7, 11) is 2.21. The molecule has 114 valence electrons. The molecule has 1 saturated heterocycles. The number of carbonyl (C=O) groups excluding carboxylic acids is 1. The molecule has 3 rings (SSSR count). The van der Waals surface area contributed by atoms with E-state index < -0.39 is 0 Å². The molecular weight excluding hydrogens is 264 g/mol. The summed E-state index contributed by atoms with van der Waals surface area (Å²) in [5, 5.41) is 2.95. The van der Waals surface area contributed by atoms with Crippen LogP contribution in [0.2, 0.25) is 0 Å². The lowest BCUT2D eigenvalue weighted by molar-refractivity contribution is -0.149. The van der Waals surface area contributed by atoms with E-state index in [2.05, 4.69) is 47.6 Å². The molecule has 0 radical (unpaired) electrons. The molecule has 1 heterocycles. The van der Waals surface area contributed by atoms with E-state index in [1.165, 1.54) is 5.56 Å². The normalized spacial score (nSPS) is 29.6. The van der Waals surface area contributed by atoms with Crippen LogP contribution in [-0.4, -0.2) is 42.6 Å².